The monoisotopic (exact) mass is 420 g/mol. The van der Waals surface area contributed by atoms with Gasteiger partial charge in [0.2, 0.25) is 0 Å². The first-order valence-corrected chi connectivity index (χ1v) is 10.7. The Morgan fingerprint density at radius 1 is 0.967 bits per heavy atom. The number of imidazole rings is 1. The Morgan fingerprint density at radius 2 is 1.80 bits per heavy atom. The van der Waals surface area contributed by atoms with Crippen molar-refractivity contribution >= 4 is 17.2 Å². The molecule has 0 aliphatic carbocycles. The predicted octanol–water partition coefficient (Wildman–Crippen LogP) is 4.18. The van der Waals surface area contributed by atoms with Crippen LogP contribution in [0.3, 0.4) is 0 Å². The number of nitrogens with zero attached hydrogens (tertiary/aromatic N) is 5. The van der Waals surface area contributed by atoms with Gasteiger partial charge >= 0.3 is 0 Å². The largest absolute Gasteiger partial charge is 0.305 e. The second-order valence-electron chi connectivity index (χ2n) is 7.98. The summed E-state index contributed by atoms with van der Waals surface area (Å²) in [5, 5.41) is 7.74. The number of hydrogen-bond donors (Lipinski definition) is 1. The van der Waals surface area contributed by atoms with Crippen molar-refractivity contribution in [3.63, 3.8) is 0 Å². The maximum Gasteiger partial charge on any atom is 0.137 e. The minimum absolute atomic E-state index is 0.738. The number of aromatic nitrogens is 4. The SMILES string of the molecule is CN1CCCN(Cc2c(-c3ccc(Cl)cc3)nc3ccc(-c4cn[nH]c4)cn23)CC1. The standard InChI is InChI=1S/C23H25ClN6/c1-28-9-2-10-29(12-11-28)16-21-23(17-3-6-20(24)7-4-17)27-22-8-5-18(15-30(21)22)19-13-25-26-14-19/h3-8,13-15H,2,9-12,16H2,1H3,(H,25,26). The molecule has 0 unspecified atom stereocenters. The van der Waals surface area contributed by atoms with Crippen LogP contribution in [-0.4, -0.2) is 62.6 Å². The summed E-state index contributed by atoms with van der Waals surface area (Å²) in [6.45, 7) is 5.26. The Hall–Kier alpha value is -2.67. The first-order chi connectivity index (χ1) is 14.7. The van der Waals surface area contributed by atoms with Gasteiger partial charge in [-0.1, -0.05) is 23.7 Å². The summed E-state index contributed by atoms with van der Waals surface area (Å²) < 4.78 is 2.24. The van der Waals surface area contributed by atoms with E-state index in [-0.39, 0.29) is 0 Å². The lowest BCUT2D eigenvalue weighted by Gasteiger charge is -2.20. The van der Waals surface area contributed by atoms with Gasteiger partial charge in [0, 0.05) is 53.7 Å². The smallest absolute Gasteiger partial charge is 0.137 e. The van der Waals surface area contributed by atoms with Crippen LogP contribution in [0.2, 0.25) is 5.02 Å². The Morgan fingerprint density at radius 3 is 2.60 bits per heavy atom. The summed E-state index contributed by atoms with van der Waals surface area (Å²) >= 11 is 6.14. The van der Waals surface area contributed by atoms with Crippen molar-refractivity contribution in [2.24, 2.45) is 0 Å². The number of nitrogens with one attached hydrogen (secondary N) is 1. The van der Waals surface area contributed by atoms with Crippen LogP contribution in [0.15, 0.2) is 55.0 Å². The highest BCUT2D eigenvalue weighted by molar-refractivity contribution is 6.30. The molecule has 1 aliphatic heterocycles. The topological polar surface area (TPSA) is 52.5 Å². The molecule has 3 aromatic heterocycles. The zero-order valence-electron chi connectivity index (χ0n) is 17.1. The van der Waals surface area contributed by atoms with Gasteiger partial charge in [-0.15, -0.1) is 0 Å². The van der Waals surface area contributed by atoms with E-state index in [1.54, 1.807) is 0 Å². The van der Waals surface area contributed by atoms with Gasteiger partial charge in [-0.05, 0) is 50.8 Å². The minimum atomic E-state index is 0.738. The van der Waals surface area contributed by atoms with Crippen LogP contribution in [0.1, 0.15) is 12.1 Å². The van der Waals surface area contributed by atoms with Crippen LogP contribution < -0.4 is 0 Å². The van der Waals surface area contributed by atoms with Crippen LogP contribution >= 0.6 is 11.6 Å². The summed E-state index contributed by atoms with van der Waals surface area (Å²) in [5.41, 5.74) is 6.47. The van der Waals surface area contributed by atoms with E-state index in [2.05, 4.69) is 61.9 Å². The highest BCUT2D eigenvalue weighted by Crippen LogP contribution is 2.29. The fourth-order valence-electron chi connectivity index (χ4n) is 4.13. The summed E-state index contributed by atoms with van der Waals surface area (Å²) in [4.78, 5) is 9.95. The normalized spacial score (nSPS) is 16.2. The highest BCUT2D eigenvalue weighted by Gasteiger charge is 2.19. The Bertz CT molecular complexity index is 1130. The lowest BCUT2D eigenvalue weighted by atomic mass is 10.1. The molecule has 7 heteroatoms. The Labute approximate surface area is 181 Å². The molecule has 4 aromatic rings. The molecule has 1 saturated heterocycles. The molecule has 0 saturated carbocycles. The molecular formula is C23H25ClN6. The van der Waals surface area contributed by atoms with E-state index in [4.69, 9.17) is 16.6 Å². The number of hydrogen-bond acceptors (Lipinski definition) is 4. The number of halogens is 1. The lowest BCUT2D eigenvalue weighted by molar-refractivity contribution is 0.266. The third-order valence-corrected chi connectivity index (χ3v) is 6.10. The van der Waals surface area contributed by atoms with Crippen LogP contribution in [0.25, 0.3) is 28.0 Å². The molecule has 1 aromatic carbocycles. The number of fused-ring (bicyclic) bond motifs is 1. The summed E-state index contributed by atoms with van der Waals surface area (Å²) in [6.07, 6.45) is 7.13. The van der Waals surface area contributed by atoms with Crippen molar-refractivity contribution in [1.82, 2.24) is 29.4 Å². The van der Waals surface area contributed by atoms with Gasteiger partial charge in [0.15, 0.2) is 0 Å². The number of H-pyrrole nitrogens is 1. The number of aromatic amines is 1. The molecule has 0 radical (unpaired) electrons. The van der Waals surface area contributed by atoms with Crippen LogP contribution in [-0.2, 0) is 6.54 Å². The molecule has 1 aliphatic rings. The quantitative estimate of drug-likeness (QED) is 0.538. The first kappa shape index (κ1) is 19.3. The molecule has 4 heterocycles. The molecule has 1 fully saturated rings. The Balaban J connectivity index is 1.60. The van der Waals surface area contributed by atoms with Crippen molar-refractivity contribution in [2.45, 2.75) is 13.0 Å². The molecule has 30 heavy (non-hydrogen) atoms. The second kappa shape index (κ2) is 8.22. The zero-order chi connectivity index (χ0) is 20.5. The minimum Gasteiger partial charge on any atom is -0.305 e. The fraction of sp³-hybridized carbons (Fsp3) is 0.304. The van der Waals surface area contributed by atoms with Gasteiger partial charge in [0.25, 0.3) is 0 Å². The molecular weight excluding hydrogens is 396 g/mol. The van der Waals surface area contributed by atoms with Crippen LogP contribution in [0, 0.1) is 0 Å². The lowest BCUT2D eigenvalue weighted by Crippen LogP contribution is -2.29. The molecule has 0 bridgehead atoms. The molecule has 5 rings (SSSR count). The third-order valence-electron chi connectivity index (χ3n) is 5.85. The van der Waals surface area contributed by atoms with Crippen molar-refractivity contribution in [1.29, 1.82) is 0 Å². The summed E-state index contributed by atoms with van der Waals surface area (Å²) in [7, 11) is 2.20. The average molecular weight is 421 g/mol. The average Bonchev–Trinajstić information content (AvgIpc) is 3.35. The maximum absolute atomic E-state index is 6.14. The second-order valence-corrected chi connectivity index (χ2v) is 8.42. The van der Waals surface area contributed by atoms with Gasteiger partial charge in [0.05, 0.1) is 17.6 Å². The number of likely N-dealkylation sites (N-methyl/N-ethyl adjacent to an activating group) is 1. The van der Waals surface area contributed by atoms with Crippen molar-refractivity contribution in [3.8, 4) is 22.4 Å². The number of benzene rings is 1. The van der Waals surface area contributed by atoms with Gasteiger partial charge in [-0.3, -0.25) is 10.00 Å². The van der Waals surface area contributed by atoms with Gasteiger partial charge < -0.3 is 9.30 Å². The third kappa shape index (κ3) is 3.86. The van der Waals surface area contributed by atoms with E-state index in [0.717, 1.165) is 65.8 Å². The van der Waals surface area contributed by atoms with Crippen molar-refractivity contribution in [3.05, 3.63) is 65.7 Å². The van der Waals surface area contributed by atoms with E-state index < -0.39 is 0 Å². The number of pyridine rings is 1. The van der Waals surface area contributed by atoms with Gasteiger partial charge in [0.1, 0.15) is 5.65 Å². The van der Waals surface area contributed by atoms with Crippen molar-refractivity contribution in [2.75, 3.05) is 33.2 Å². The highest BCUT2D eigenvalue weighted by atomic mass is 35.5. The van der Waals surface area contributed by atoms with Crippen molar-refractivity contribution < 1.29 is 0 Å². The molecule has 0 atom stereocenters. The predicted molar refractivity (Wildman–Crippen MR) is 121 cm³/mol. The molecule has 1 N–H and O–H groups in total. The zero-order valence-corrected chi connectivity index (χ0v) is 17.8. The van der Waals surface area contributed by atoms with Gasteiger partial charge in [-0.2, -0.15) is 5.10 Å². The van der Waals surface area contributed by atoms with E-state index in [9.17, 15) is 0 Å². The van der Waals surface area contributed by atoms with E-state index in [1.165, 1.54) is 12.1 Å². The summed E-state index contributed by atoms with van der Waals surface area (Å²) in [6, 6.07) is 12.2. The summed E-state index contributed by atoms with van der Waals surface area (Å²) in [5.74, 6) is 0. The molecule has 0 amide bonds. The van der Waals surface area contributed by atoms with Gasteiger partial charge in [-0.25, -0.2) is 4.98 Å². The Kier molecular flexibility index (Phi) is 5.29. The van der Waals surface area contributed by atoms with E-state index in [1.807, 2.05) is 24.5 Å². The maximum atomic E-state index is 6.14. The molecule has 6 nitrogen and oxygen atoms in total. The van der Waals surface area contributed by atoms with E-state index >= 15 is 0 Å². The first-order valence-electron chi connectivity index (χ1n) is 10.3. The van der Waals surface area contributed by atoms with Crippen LogP contribution in [0.4, 0.5) is 0 Å². The fourth-order valence-corrected chi connectivity index (χ4v) is 4.26. The molecule has 0 spiro atoms. The number of rotatable bonds is 4. The van der Waals surface area contributed by atoms with E-state index in [0.29, 0.717) is 0 Å². The van der Waals surface area contributed by atoms with Crippen LogP contribution in [0.5, 0.6) is 0 Å². The molecule has 154 valence electrons.